The van der Waals surface area contributed by atoms with Crippen molar-refractivity contribution in [1.29, 1.82) is 0 Å². The Hall–Kier alpha value is -2.58. The van der Waals surface area contributed by atoms with E-state index >= 15 is 0 Å². The van der Waals surface area contributed by atoms with E-state index in [0.717, 1.165) is 38.3 Å². The number of amides is 2. The maximum atomic E-state index is 13.1. The SMILES string of the molecule is CC(=O)N1CCN(Cc2cc3c(s2)CN(C(=O)c2cc(C(C)C)c(O)cc2O)C3)CC1. The summed E-state index contributed by atoms with van der Waals surface area (Å²) in [6.45, 7) is 10.7. The van der Waals surface area contributed by atoms with Gasteiger partial charge < -0.3 is 20.0 Å². The topological polar surface area (TPSA) is 84.3 Å². The van der Waals surface area contributed by atoms with Gasteiger partial charge in [0.1, 0.15) is 11.5 Å². The van der Waals surface area contributed by atoms with Crippen LogP contribution in [-0.4, -0.2) is 62.9 Å². The van der Waals surface area contributed by atoms with Gasteiger partial charge in [-0.05, 0) is 29.2 Å². The summed E-state index contributed by atoms with van der Waals surface area (Å²) in [6, 6.07) is 5.05. The largest absolute Gasteiger partial charge is 0.508 e. The number of aromatic hydroxyl groups is 2. The average Bonchev–Trinajstić information content (AvgIpc) is 3.26. The number of fused-ring (bicyclic) bond motifs is 1. The normalized spacial score (nSPS) is 16.8. The third-order valence-corrected chi connectivity index (χ3v) is 7.27. The molecule has 3 heterocycles. The lowest BCUT2D eigenvalue weighted by molar-refractivity contribution is -0.130. The summed E-state index contributed by atoms with van der Waals surface area (Å²) in [6.07, 6.45) is 0. The molecule has 8 heteroatoms. The summed E-state index contributed by atoms with van der Waals surface area (Å²) in [7, 11) is 0. The zero-order valence-electron chi connectivity index (χ0n) is 18.2. The lowest BCUT2D eigenvalue weighted by Gasteiger charge is -2.33. The first-order valence-corrected chi connectivity index (χ1v) is 11.5. The van der Waals surface area contributed by atoms with Crippen molar-refractivity contribution in [3.8, 4) is 11.5 Å². The summed E-state index contributed by atoms with van der Waals surface area (Å²) in [5.41, 5.74) is 2.06. The van der Waals surface area contributed by atoms with E-state index in [2.05, 4.69) is 11.0 Å². The Labute approximate surface area is 186 Å². The summed E-state index contributed by atoms with van der Waals surface area (Å²) in [4.78, 5) is 33.0. The van der Waals surface area contributed by atoms with Crippen LogP contribution in [0.1, 0.15) is 57.9 Å². The molecule has 0 unspecified atom stereocenters. The van der Waals surface area contributed by atoms with Crippen LogP contribution in [-0.2, 0) is 24.4 Å². The fourth-order valence-corrected chi connectivity index (χ4v) is 5.53. The molecule has 0 saturated carbocycles. The molecule has 0 bridgehead atoms. The van der Waals surface area contributed by atoms with Crippen molar-refractivity contribution in [2.45, 2.75) is 46.3 Å². The second kappa shape index (κ2) is 8.51. The standard InChI is InChI=1S/C23H29N3O4S/c1-14(2)18-9-19(21(29)10-20(18)28)23(30)26-11-16-8-17(31-22(16)13-26)12-24-4-6-25(7-5-24)15(3)27/h8-10,14,28-29H,4-7,11-13H2,1-3H3. The van der Waals surface area contributed by atoms with Gasteiger partial charge in [-0.1, -0.05) is 13.8 Å². The molecule has 0 spiro atoms. The van der Waals surface area contributed by atoms with E-state index in [1.165, 1.54) is 15.8 Å². The van der Waals surface area contributed by atoms with E-state index < -0.39 is 0 Å². The minimum absolute atomic E-state index is 0.0124. The van der Waals surface area contributed by atoms with Crippen molar-refractivity contribution in [2.75, 3.05) is 26.2 Å². The lowest BCUT2D eigenvalue weighted by atomic mass is 9.98. The van der Waals surface area contributed by atoms with E-state index in [4.69, 9.17) is 0 Å². The number of piperazine rings is 1. The predicted molar refractivity (Wildman–Crippen MR) is 119 cm³/mol. The molecule has 2 aromatic rings. The Bertz CT molecular complexity index is 985. The summed E-state index contributed by atoms with van der Waals surface area (Å²) >= 11 is 1.74. The number of hydrogen-bond acceptors (Lipinski definition) is 6. The van der Waals surface area contributed by atoms with Gasteiger partial charge in [-0.3, -0.25) is 14.5 Å². The molecule has 31 heavy (non-hydrogen) atoms. The van der Waals surface area contributed by atoms with Gasteiger partial charge in [0.2, 0.25) is 5.91 Å². The van der Waals surface area contributed by atoms with Crippen LogP contribution < -0.4 is 0 Å². The molecule has 2 N–H and O–H groups in total. The van der Waals surface area contributed by atoms with Crippen molar-refractivity contribution in [3.05, 3.63) is 44.6 Å². The predicted octanol–water partition coefficient (Wildman–Crippen LogP) is 3.10. The second-order valence-electron chi connectivity index (χ2n) is 8.69. The van der Waals surface area contributed by atoms with E-state index in [-0.39, 0.29) is 34.8 Å². The van der Waals surface area contributed by atoms with Gasteiger partial charge in [-0.25, -0.2) is 0 Å². The minimum atomic E-state index is -0.218. The van der Waals surface area contributed by atoms with E-state index in [1.807, 2.05) is 18.7 Å². The number of phenolic OH excluding ortho intramolecular Hbond substituents is 2. The molecule has 2 amide bonds. The van der Waals surface area contributed by atoms with E-state index in [9.17, 15) is 19.8 Å². The van der Waals surface area contributed by atoms with Gasteiger partial charge in [0.05, 0.1) is 12.1 Å². The first-order valence-electron chi connectivity index (χ1n) is 10.7. The summed E-state index contributed by atoms with van der Waals surface area (Å²) in [5, 5.41) is 20.3. The molecule has 0 aliphatic carbocycles. The van der Waals surface area contributed by atoms with Gasteiger partial charge in [0.25, 0.3) is 5.91 Å². The first-order chi connectivity index (χ1) is 14.7. The molecular formula is C23H29N3O4S. The molecule has 2 aliphatic rings. The van der Waals surface area contributed by atoms with Crippen LogP contribution in [0, 0.1) is 0 Å². The number of thiophene rings is 1. The number of rotatable bonds is 4. The molecule has 0 atom stereocenters. The average molecular weight is 444 g/mol. The monoisotopic (exact) mass is 443 g/mol. The highest BCUT2D eigenvalue weighted by Gasteiger charge is 2.29. The molecule has 0 radical (unpaired) electrons. The van der Waals surface area contributed by atoms with Crippen molar-refractivity contribution in [1.82, 2.24) is 14.7 Å². The van der Waals surface area contributed by atoms with Crippen LogP contribution in [0.3, 0.4) is 0 Å². The Balaban J connectivity index is 1.40. The number of benzene rings is 1. The maximum Gasteiger partial charge on any atom is 0.258 e. The fraction of sp³-hybridized carbons (Fsp3) is 0.478. The molecule has 1 aromatic carbocycles. The van der Waals surface area contributed by atoms with E-state index in [0.29, 0.717) is 18.7 Å². The highest BCUT2D eigenvalue weighted by Crippen LogP contribution is 2.36. The fourth-order valence-electron chi connectivity index (χ4n) is 4.29. The van der Waals surface area contributed by atoms with Crippen LogP contribution in [0.4, 0.5) is 0 Å². The number of carbonyl (C=O) groups excluding carboxylic acids is 2. The van der Waals surface area contributed by atoms with Gasteiger partial charge in [-0.15, -0.1) is 11.3 Å². The Morgan fingerprint density at radius 1 is 1.00 bits per heavy atom. The first kappa shape index (κ1) is 21.6. The number of hydrogen-bond donors (Lipinski definition) is 2. The highest BCUT2D eigenvalue weighted by molar-refractivity contribution is 7.12. The third kappa shape index (κ3) is 4.41. The zero-order valence-corrected chi connectivity index (χ0v) is 19.0. The summed E-state index contributed by atoms with van der Waals surface area (Å²) < 4.78 is 0. The van der Waals surface area contributed by atoms with E-state index in [1.54, 1.807) is 29.2 Å². The number of phenols is 2. The number of carbonyl (C=O) groups is 2. The van der Waals surface area contributed by atoms with Crippen LogP contribution in [0.15, 0.2) is 18.2 Å². The van der Waals surface area contributed by atoms with Crippen LogP contribution in [0.25, 0.3) is 0 Å². The minimum Gasteiger partial charge on any atom is -0.508 e. The van der Waals surface area contributed by atoms with Crippen molar-refractivity contribution in [3.63, 3.8) is 0 Å². The molecule has 1 fully saturated rings. The smallest absolute Gasteiger partial charge is 0.258 e. The summed E-state index contributed by atoms with van der Waals surface area (Å²) in [5.74, 6) is -0.206. The van der Waals surface area contributed by atoms with Crippen molar-refractivity contribution >= 4 is 23.2 Å². The van der Waals surface area contributed by atoms with Crippen molar-refractivity contribution in [2.24, 2.45) is 0 Å². The van der Waals surface area contributed by atoms with Crippen LogP contribution in [0.2, 0.25) is 0 Å². The molecule has 166 valence electrons. The Kier molecular flexibility index (Phi) is 5.94. The maximum absolute atomic E-state index is 13.1. The molecule has 4 rings (SSSR count). The van der Waals surface area contributed by atoms with Crippen LogP contribution in [0.5, 0.6) is 11.5 Å². The Morgan fingerprint density at radius 2 is 1.71 bits per heavy atom. The molecule has 1 aromatic heterocycles. The lowest BCUT2D eigenvalue weighted by Crippen LogP contribution is -2.47. The van der Waals surface area contributed by atoms with Crippen molar-refractivity contribution < 1.29 is 19.8 Å². The van der Waals surface area contributed by atoms with Gasteiger partial charge in [0, 0.05) is 62.0 Å². The molecular weight excluding hydrogens is 414 g/mol. The van der Waals surface area contributed by atoms with Gasteiger partial charge >= 0.3 is 0 Å². The second-order valence-corrected chi connectivity index (χ2v) is 9.91. The quantitative estimate of drug-likeness (QED) is 0.759. The molecule has 1 saturated heterocycles. The highest BCUT2D eigenvalue weighted by atomic mass is 32.1. The molecule has 7 nitrogen and oxygen atoms in total. The third-order valence-electron chi connectivity index (χ3n) is 6.13. The number of nitrogens with zero attached hydrogens (tertiary/aromatic N) is 3. The Morgan fingerprint density at radius 3 is 2.32 bits per heavy atom. The van der Waals surface area contributed by atoms with Gasteiger partial charge in [-0.2, -0.15) is 0 Å². The van der Waals surface area contributed by atoms with Gasteiger partial charge in [0.15, 0.2) is 0 Å². The van der Waals surface area contributed by atoms with Crippen LogP contribution >= 0.6 is 11.3 Å². The molecule has 2 aliphatic heterocycles. The zero-order chi connectivity index (χ0) is 22.3.